The molecule has 0 aliphatic rings. The molecule has 0 saturated carbocycles. The molecule has 0 spiro atoms. The number of pyridine rings is 1. The Morgan fingerprint density at radius 2 is 2.05 bits per heavy atom. The van der Waals surface area contributed by atoms with Gasteiger partial charge < -0.3 is 4.74 Å². The molecule has 0 atom stereocenters. The summed E-state index contributed by atoms with van der Waals surface area (Å²) in [5.41, 5.74) is -3.58. The van der Waals surface area contributed by atoms with Crippen molar-refractivity contribution < 1.29 is 31.5 Å². The summed E-state index contributed by atoms with van der Waals surface area (Å²) in [4.78, 5) is 14.4. The van der Waals surface area contributed by atoms with Crippen LogP contribution < -0.4 is 0 Å². The van der Waals surface area contributed by atoms with Gasteiger partial charge in [0.05, 0.1) is 12.2 Å². The minimum absolute atomic E-state index is 0.0396. The van der Waals surface area contributed by atoms with Crippen LogP contribution in [0.15, 0.2) is 6.07 Å². The zero-order valence-electron chi connectivity index (χ0n) is 9.39. The lowest BCUT2D eigenvalue weighted by Crippen LogP contribution is -2.17. The predicted octanol–water partition coefficient (Wildman–Crippen LogP) is 3.82. The summed E-state index contributed by atoms with van der Waals surface area (Å²) in [6.07, 6.45) is -8.41. The highest BCUT2D eigenvalue weighted by Gasteiger charge is 2.40. The van der Waals surface area contributed by atoms with E-state index in [1.54, 1.807) is 0 Å². The lowest BCUT2D eigenvalue weighted by atomic mass is 10.1. The second kappa shape index (κ2) is 5.97. The van der Waals surface area contributed by atoms with E-state index in [9.17, 15) is 26.7 Å². The van der Waals surface area contributed by atoms with Crippen molar-refractivity contribution in [2.24, 2.45) is 0 Å². The molecule has 0 N–H and O–H groups in total. The van der Waals surface area contributed by atoms with E-state index in [0.717, 1.165) is 6.07 Å². The van der Waals surface area contributed by atoms with Gasteiger partial charge in [-0.1, -0.05) is 0 Å². The molecule has 1 aromatic heterocycles. The first kappa shape index (κ1) is 16.1. The number of alkyl halides is 5. The molecule has 1 rings (SSSR count). The molecule has 0 aliphatic heterocycles. The van der Waals surface area contributed by atoms with Crippen LogP contribution in [0.2, 0.25) is 0 Å². The van der Waals surface area contributed by atoms with Crippen molar-refractivity contribution in [1.29, 1.82) is 0 Å². The van der Waals surface area contributed by atoms with E-state index >= 15 is 0 Å². The van der Waals surface area contributed by atoms with Crippen LogP contribution in [0.25, 0.3) is 0 Å². The molecule has 0 bridgehead atoms. The van der Waals surface area contributed by atoms with Crippen molar-refractivity contribution in [1.82, 2.24) is 4.98 Å². The van der Waals surface area contributed by atoms with Crippen LogP contribution in [-0.4, -0.2) is 17.6 Å². The first-order valence-electron chi connectivity index (χ1n) is 4.91. The zero-order chi connectivity index (χ0) is 14.8. The maximum Gasteiger partial charge on any atom is 0.419 e. The molecule has 9 heteroatoms. The Kier molecular flexibility index (Phi) is 5.04. The van der Waals surface area contributed by atoms with E-state index in [-0.39, 0.29) is 6.61 Å². The fourth-order valence-electron chi connectivity index (χ4n) is 1.28. The average molecular weight is 395 g/mol. The average Bonchev–Trinajstić information content (AvgIpc) is 2.26. The first-order valence-corrected chi connectivity index (χ1v) is 5.99. The van der Waals surface area contributed by atoms with Gasteiger partial charge >= 0.3 is 12.1 Å². The highest BCUT2D eigenvalue weighted by molar-refractivity contribution is 14.1. The number of rotatable bonds is 3. The number of carbonyl (C=O) groups is 1. The molecule has 1 heterocycles. The van der Waals surface area contributed by atoms with Gasteiger partial charge in [-0.15, -0.1) is 0 Å². The van der Waals surface area contributed by atoms with Gasteiger partial charge in [-0.05, 0) is 35.6 Å². The van der Waals surface area contributed by atoms with Crippen LogP contribution in [0.3, 0.4) is 0 Å². The van der Waals surface area contributed by atoms with Gasteiger partial charge in [0.25, 0.3) is 6.43 Å². The van der Waals surface area contributed by atoms with Crippen LogP contribution in [0.5, 0.6) is 0 Å². The van der Waals surface area contributed by atoms with E-state index in [1.807, 2.05) is 0 Å². The maximum atomic E-state index is 12.7. The highest BCUT2D eigenvalue weighted by Crippen LogP contribution is 2.38. The van der Waals surface area contributed by atoms with Crippen LogP contribution in [0, 0.1) is 3.57 Å². The molecule has 1 aromatic rings. The Balaban J connectivity index is 3.42. The van der Waals surface area contributed by atoms with E-state index in [0.29, 0.717) is 0 Å². The van der Waals surface area contributed by atoms with Crippen molar-refractivity contribution in [3.8, 4) is 0 Å². The Hall–Kier alpha value is -1.00. The molecule has 0 aromatic carbocycles. The number of aromatic nitrogens is 1. The molecule has 0 amide bonds. The number of carbonyl (C=O) groups excluding carboxylic acids is 1. The Morgan fingerprint density at radius 3 is 2.47 bits per heavy atom. The number of hydrogen-bond acceptors (Lipinski definition) is 3. The first-order chi connectivity index (χ1) is 8.68. The zero-order valence-corrected chi connectivity index (χ0v) is 11.6. The van der Waals surface area contributed by atoms with Gasteiger partial charge in [0.1, 0.15) is 11.4 Å². The summed E-state index contributed by atoms with van der Waals surface area (Å²) in [6.45, 7) is 1.43. The second-order valence-corrected chi connectivity index (χ2v) is 4.43. The van der Waals surface area contributed by atoms with Crippen molar-refractivity contribution in [3.05, 3.63) is 26.6 Å². The summed E-state index contributed by atoms with van der Waals surface area (Å²) in [5.74, 6) is -1.05. The third-order valence-corrected chi connectivity index (χ3v) is 2.82. The summed E-state index contributed by atoms with van der Waals surface area (Å²) in [6, 6.07) is 0.771. The smallest absolute Gasteiger partial charge is 0.419 e. The maximum absolute atomic E-state index is 12.7. The standard InChI is InChI=1S/C10H7F5INO2/c1-2-19-9(18)5-3-4(16)6(10(13,14)15)7(17-5)8(11)12/h3,8H,2H2,1H3. The third kappa shape index (κ3) is 3.74. The molecule has 0 fully saturated rings. The fourth-order valence-corrected chi connectivity index (χ4v) is 2.16. The van der Waals surface area contributed by atoms with Crippen molar-refractivity contribution in [3.63, 3.8) is 0 Å². The molecule has 3 nitrogen and oxygen atoms in total. The van der Waals surface area contributed by atoms with Gasteiger partial charge in [-0.2, -0.15) is 13.2 Å². The monoisotopic (exact) mass is 395 g/mol. The van der Waals surface area contributed by atoms with Gasteiger partial charge in [0.2, 0.25) is 0 Å². The Morgan fingerprint density at radius 1 is 1.47 bits per heavy atom. The Bertz CT molecular complexity index is 490. The summed E-state index contributed by atoms with van der Waals surface area (Å²) < 4.78 is 67.2. The largest absolute Gasteiger partial charge is 0.461 e. The van der Waals surface area contributed by atoms with Gasteiger partial charge in [0, 0.05) is 3.57 Å². The molecule has 0 radical (unpaired) electrons. The van der Waals surface area contributed by atoms with Crippen LogP contribution in [0.1, 0.15) is 35.1 Å². The van der Waals surface area contributed by atoms with E-state index in [2.05, 4.69) is 9.72 Å². The minimum Gasteiger partial charge on any atom is -0.461 e. The van der Waals surface area contributed by atoms with Gasteiger partial charge in [-0.25, -0.2) is 18.6 Å². The highest BCUT2D eigenvalue weighted by atomic mass is 127. The number of nitrogens with zero attached hydrogens (tertiary/aromatic N) is 1. The molecular weight excluding hydrogens is 388 g/mol. The summed E-state index contributed by atoms with van der Waals surface area (Å²) in [7, 11) is 0. The van der Waals surface area contributed by atoms with Crippen LogP contribution in [0.4, 0.5) is 22.0 Å². The SMILES string of the molecule is CCOC(=O)c1cc(I)c(C(F)(F)F)c(C(F)F)n1. The quantitative estimate of drug-likeness (QED) is 0.444. The number of esters is 1. The van der Waals surface area contributed by atoms with Crippen molar-refractivity contribution >= 4 is 28.6 Å². The molecule has 19 heavy (non-hydrogen) atoms. The molecule has 0 saturated heterocycles. The number of ether oxygens (including phenoxy) is 1. The van der Waals surface area contributed by atoms with Gasteiger partial charge in [0.15, 0.2) is 0 Å². The molecular formula is C10H7F5INO2. The Labute approximate surface area is 118 Å². The minimum atomic E-state index is -4.97. The molecule has 0 aliphatic carbocycles. The topological polar surface area (TPSA) is 39.2 Å². The summed E-state index contributed by atoms with van der Waals surface area (Å²) >= 11 is 1.23. The van der Waals surface area contributed by atoms with Crippen molar-refractivity contribution in [2.45, 2.75) is 19.5 Å². The van der Waals surface area contributed by atoms with Crippen LogP contribution in [-0.2, 0) is 10.9 Å². The lowest BCUT2D eigenvalue weighted by Gasteiger charge is -2.14. The van der Waals surface area contributed by atoms with Gasteiger partial charge in [-0.3, -0.25) is 0 Å². The van der Waals surface area contributed by atoms with Crippen LogP contribution >= 0.6 is 22.6 Å². The lowest BCUT2D eigenvalue weighted by molar-refractivity contribution is -0.140. The second-order valence-electron chi connectivity index (χ2n) is 3.27. The third-order valence-electron chi connectivity index (χ3n) is 1.97. The fraction of sp³-hybridized carbons (Fsp3) is 0.400. The normalized spacial score (nSPS) is 11.8. The predicted molar refractivity (Wildman–Crippen MR) is 62.9 cm³/mol. The molecule has 106 valence electrons. The van der Waals surface area contributed by atoms with E-state index in [4.69, 9.17) is 0 Å². The summed E-state index contributed by atoms with van der Waals surface area (Å²) in [5, 5.41) is 0. The number of halogens is 6. The van der Waals surface area contributed by atoms with E-state index in [1.165, 1.54) is 29.5 Å². The molecule has 0 unspecified atom stereocenters. The van der Waals surface area contributed by atoms with Crippen molar-refractivity contribution in [2.75, 3.05) is 6.61 Å². The number of hydrogen-bond donors (Lipinski definition) is 0. The van der Waals surface area contributed by atoms with E-state index < -0.39 is 39.1 Å².